The van der Waals surface area contributed by atoms with Crippen LogP contribution in [-0.4, -0.2) is 34.4 Å². The summed E-state index contributed by atoms with van der Waals surface area (Å²) < 4.78 is 0.738. The third-order valence-electron chi connectivity index (χ3n) is 3.39. The molecule has 1 aromatic rings. The van der Waals surface area contributed by atoms with Gasteiger partial charge in [-0.1, -0.05) is 16.8 Å². The molecular formula is C13H15BrClN3O2. The first kappa shape index (κ1) is 15.1. The second kappa shape index (κ2) is 6.45. The summed E-state index contributed by atoms with van der Waals surface area (Å²) in [6.45, 7) is 0.591. The van der Waals surface area contributed by atoms with Crippen LogP contribution in [-0.2, 0) is 0 Å². The van der Waals surface area contributed by atoms with Crippen LogP contribution in [0.1, 0.15) is 29.6 Å². The third kappa shape index (κ3) is 3.07. The van der Waals surface area contributed by atoms with E-state index in [-0.39, 0.29) is 17.8 Å². The lowest BCUT2D eigenvalue weighted by atomic mass is 10.00. The van der Waals surface area contributed by atoms with Gasteiger partial charge in [-0.2, -0.15) is 0 Å². The molecule has 0 radical (unpaired) electrons. The molecule has 1 unspecified atom stereocenters. The number of carbonyl (C=O) groups is 1. The maximum atomic E-state index is 12.6. The summed E-state index contributed by atoms with van der Waals surface area (Å²) in [7, 11) is 0. The van der Waals surface area contributed by atoms with Gasteiger partial charge >= 0.3 is 0 Å². The van der Waals surface area contributed by atoms with Crippen molar-refractivity contribution in [3.8, 4) is 0 Å². The molecule has 0 spiro atoms. The molecule has 1 fully saturated rings. The number of nitrogens with zero attached hydrogens (tertiary/aromatic N) is 2. The van der Waals surface area contributed by atoms with Crippen molar-refractivity contribution >= 4 is 39.3 Å². The molecule has 7 heteroatoms. The molecule has 1 aliphatic rings. The zero-order valence-electron chi connectivity index (χ0n) is 10.7. The van der Waals surface area contributed by atoms with E-state index >= 15 is 0 Å². The average molecular weight is 361 g/mol. The molecule has 0 aliphatic carbocycles. The highest BCUT2D eigenvalue weighted by Crippen LogP contribution is 2.25. The predicted octanol–water partition coefficient (Wildman–Crippen LogP) is 2.84. The number of amidine groups is 1. The summed E-state index contributed by atoms with van der Waals surface area (Å²) in [4.78, 5) is 14.2. The second-order valence-electron chi connectivity index (χ2n) is 4.66. The van der Waals surface area contributed by atoms with E-state index in [4.69, 9.17) is 22.5 Å². The van der Waals surface area contributed by atoms with E-state index in [0.717, 1.165) is 17.3 Å². The first-order chi connectivity index (χ1) is 9.54. The highest BCUT2D eigenvalue weighted by atomic mass is 79.9. The van der Waals surface area contributed by atoms with Crippen LogP contribution in [0.3, 0.4) is 0 Å². The van der Waals surface area contributed by atoms with Gasteiger partial charge in [0.25, 0.3) is 5.91 Å². The Morgan fingerprint density at radius 1 is 1.50 bits per heavy atom. The zero-order chi connectivity index (χ0) is 14.7. The lowest BCUT2D eigenvalue weighted by Crippen LogP contribution is -2.50. The summed E-state index contributed by atoms with van der Waals surface area (Å²) in [5.74, 6) is -0.0861. The van der Waals surface area contributed by atoms with Crippen LogP contribution in [0.5, 0.6) is 0 Å². The van der Waals surface area contributed by atoms with Crippen LogP contribution >= 0.6 is 27.5 Å². The maximum absolute atomic E-state index is 12.6. The lowest BCUT2D eigenvalue weighted by Gasteiger charge is -2.34. The minimum Gasteiger partial charge on any atom is -0.409 e. The number of benzene rings is 1. The highest BCUT2D eigenvalue weighted by molar-refractivity contribution is 9.10. The average Bonchev–Trinajstić information content (AvgIpc) is 2.48. The summed E-state index contributed by atoms with van der Waals surface area (Å²) in [5, 5.41) is 12.4. The minimum atomic E-state index is -0.358. The van der Waals surface area contributed by atoms with Crippen molar-refractivity contribution < 1.29 is 10.0 Å². The van der Waals surface area contributed by atoms with E-state index in [1.165, 1.54) is 0 Å². The number of halogens is 2. The molecule has 1 saturated heterocycles. The van der Waals surface area contributed by atoms with Gasteiger partial charge in [0, 0.05) is 16.6 Å². The molecule has 1 amide bonds. The van der Waals surface area contributed by atoms with Crippen molar-refractivity contribution in [2.24, 2.45) is 10.9 Å². The number of hydrogen-bond acceptors (Lipinski definition) is 3. The zero-order valence-corrected chi connectivity index (χ0v) is 13.1. The van der Waals surface area contributed by atoms with Gasteiger partial charge in [-0.25, -0.2) is 0 Å². The van der Waals surface area contributed by atoms with Gasteiger partial charge in [0.2, 0.25) is 0 Å². The van der Waals surface area contributed by atoms with Gasteiger partial charge in [-0.3, -0.25) is 4.79 Å². The molecule has 0 aromatic heterocycles. The van der Waals surface area contributed by atoms with Crippen LogP contribution in [0.15, 0.2) is 27.8 Å². The van der Waals surface area contributed by atoms with E-state index in [9.17, 15) is 4.79 Å². The quantitative estimate of drug-likeness (QED) is 0.368. The number of rotatable bonds is 2. The Morgan fingerprint density at radius 3 is 2.90 bits per heavy atom. The van der Waals surface area contributed by atoms with Crippen LogP contribution in [0, 0.1) is 0 Å². The SMILES string of the molecule is N/C(=N/O)C1CCCCN1C(=O)c1ccc(Br)c(Cl)c1. The summed E-state index contributed by atoms with van der Waals surface area (Å²) in [6, 6.07) is 4.70. The van der Waals surface area contributed by atoms with Gasteiger partial charge < -0.3 is 15.8 Å². The van der Waals surface area contributed by atoms with Crippen molar-refractivity contribution in [3.63, 3.8) is 0 Å². The number of nitrogens with two attached hydrogens (primary N) is 1. The van der Waals surface area contributed by atoms with Crippen LogP contribution in [0.25, 0.3) is 0 Å². The fraction of sp³-hybridized carbons (Fsp3) is 0.385. The van der Waals surface area contributed by atoms with Crippen LogP contribution < -0.4 is 5.73 Å². The van der Waals surface area contributed by atoms with Crippen molar-refractivity contribution in [3.05, 3.63) is 33.3 Å². The smallest absolute Gasteiger partial charge is 0.254 e. The van der Waals surface area contributed by atoms with Crippen molar-refractivity contribution in [1.29, 1.82) is 0 Å². The number of hydrogen-bond donors (Lipinski definition) is 2. The standard InChI is InChI=1S/C13H15BrClN3O2/c14-9-5-4-8(7-10(9)15)13(19)18-6-2-1-3-11(18)12(16)17-20/h4-5,7,11,20H,1-3,6H2,(H2,16,17). The lowest BCUT2D eigenvalue weighted by molar-refractivity contribution is 0.0676. The Kier molecular flexibility index (Phi) is 4.88. The fourth-order valence-electron chi connectivity index (χ4n) is 2.34. The van der Waals surface area contributed by atoms with Gasteiger partial charge in [-0.05, 0) is 53.4 Å². The number of oxime groups is 1. The topological polar surface area (TPSA) is 78.9 Å². The van der Waals surface area contributed by atoms with E-state index < -0.39 is 0 Å². The maximum Gasteiger partial charge on any atom is 0.254 e. The molecule has 1 heterocycles. The van der Waals surface area contributed by atoms with Gasteiger partial charge in [0.1, 0.15) is 0 Å². The van der Waals surface area contributed by atoms with E-state index in [1.54, 1.807) is 23.1 Å². The molecule has 5 nitrogen and oxygen atoms in total. The Labute approximate surface area is 130 Å². The van der Waals surface area contributed by atoms with E-state index in [1.807, 2.05) is 0 Å². The van der Waals surface area contributed by atoms with Crippen molar-refractivity contribution in [2.45, 2.75) is 25.3 Å². The molecule has 20 heavy (non-hydrogen) atoms. The fourth-order valence-corrected chi connectivity index (χ4v) is 2.77. The third-order valence-corrected chi connectivity index (χ3v) is 4.62. The van der Waals surface area contributed by atoms with Crippen LogP contribution in [0.2, 0.25) is 5.02 Å². The molecule has 3 N–H and O–H groups in total. The van der Waals surface area contributed by atoms with Crippen LogP contribution in [0.4, 0.5) is 0 Å². The molecular weight excluding hydrogens is 346 g/mol. The Morgan fingerprint density at radius 2 is 2.25 bits per heavy atom. The summed E-state index contributed by atoms with van der Waals surface area (Å²) in [6.07, 6.45) is 2.56. The van der Waals surface area contributed by atoms with Gasteiger partial charge in [0.15, 0.2) is 5.84 Å². The highest BCUT2D eigenvalue weighted by Gasteiger charge is 2.30. The number of likely N-dealkylation sites (tertiary alicyclic amines) is 1. The number of piperidine rings is 1. The van der Waals surface area contributed by atoms with Gasteiger partial charge in [-0.15, -0.1) is 0 Å². The van der Waals surface area contributed by atoms with E-state index in [0.29, 0.717) is 23.6 Å². The first-order valence-corrected chi connectivity index (χ1v) is 7.45. The Bertz CT molecular complexity index is 550. The molecule has 108 valence electrons. The molecule has 1 aliphatic heterocycles. The Balaban J connectivity index is 2.27. The normalized spacial score (nSPS) is 20.0. The second-order valence-corrected chi connectivity index (χ2v) is 5.93. The number of amides is 1. The summed E-state index contributed by atoms with van der Waals surface area (Å²) >= 11 is 9.31. The molecule has 2 rings (SSSR count). The minimum absolute atomic E-state index is 0.0706. The number of carbonyl (C=O) groups excluding carboxylic acids is 1. The Hall–Kier alpha value is -1.27. The molecule has 1 aromatic carbocycles. The van der Waals surface area contributed by atoms with Gasteiger partial charge in [0.05, 0.1) is 11.1 Å². The first-order valence-electron chi connectivity index (χ1n) is 6.28. The van der Waals surface area contributed by atoms with Crippen molar-refractivity contribution in [1.82, 2.24) is 4.90 Å². The van der Waals surface area contributed by atoms with Crippen molar-refractivity contribution in [2.75, 3.05) is 6.54 Å². The predicted molar refractivity (Wildman–Crippen MR) is 81.2 cm³/mol. The monoisotopic (exact) mass is 359 g/mol. The largest absolute Gasteiger partial charge is 0.409 e. The molecule has 0 saturated carbocycles. The summed E-state index contributed by atoms with van der Waals surface area (Å²) in [5.41, 5.74) is 6.18. The molecule has 0 bridgehead atoms. The van der Waals surface area contributed by atoms with E-state index in [2.05, 4.69) is 21.1 Å². The molecule has 1 atom stereocenters.